The molecule has 2 N–H and O–H groups in total. The van der Waals surface area contributed by atoms with Crippen molar-refractivity contribution in [2.24, 2.45) is 0 Å². The van der Waals surface area contributed by atoms with Crippen molar-refractivity contribution in [2.75, 3.05) is 12.0 Å². The van der Waals surface area contributed by atoms with Gasteiger partial charge in [0.05, 0.1) is 0 Å². The van der Waals surface area contributed by atoms with E-state index in [0.717, 1.165) is 17.3 Å². The highest BCUT2D eigenvalue weighted by molar-refractivity contribution is 8.00. The number of nitrogen functional groups attached to an aromatic ring is 1. The highest BCUT2D eigenvalue weighted by atomic mass is 32.2. The molecule has 1 aromatic heterocycles. The van der Waals surface area contributed by atoms with Gasteiger partial charge in [0, 0.05) is 16.7 Å². The first kappa shape index (κ1) is 11.7. The Morgan fingerprint density at radius 1 is 1.39 bits per heavy atom. The number of benzene rings is 1. The highest BCUT2D eigenvalue weighted by Gasteiger charge is 2.42. The van der Waals surface area contributed by atoms with Crippen molar-refractivity contribution in [1.82, 2.24) is 4.57 Å². The lowest BCUT2D eigenvalue weighted by Gasteiger charge is -2.17. The summed E-state index contributed by atoms with van der Waals surface area (Å²) in [7, 11) is 0. The Bertz CT molecular complexity index is 658. The summed E-state index contributed by atoms with van der Waals surface area (Å²) in [5, 5.41) is 1.67. The van der Waals surface area contributed by atoms with Crippen LogP contribution in [0.15, 0.2) is 35.1 Å². The Hall–Kier alpha value is -1.42. The van der Waals surface area contributed by atoms with E-state index in [-0.39, 0.29) is 10.3 Å². The molecule has 1 aliphatic rings. The molecule has 0 aliphatic heterocycles. The molecular formula is C14H16N2OS. The molecule has 0 atom stereocenters. The van der Waals surface area contributed by atoms with E-state index in [1.807, 2.05) is 42.1 Å². The third-order valence-electron chi connectivity index (χ3n) is 3.74. The van der Waals surface area contributed by atoms with Gasteiger partial charge in [0.2, 0.25) is 0 Å². The van der Waals surface area contributed by atoms with Crippen LogP contribution in [0.4, 0.5) is 5.82 Å². The SMILES string of the molecule is CSC1(Cn2c(N)cc3ccccc3c2=O)CC1. The summed E-state index contributed by atoms with van der Waals surface area (Å²) in [6.45, 7) is 0.726. The molecule has 0 spiro atoms. The van der Waals surface area contributed by atoms with Crippen molar-refractivity contribution in [1.29, 1.82) is 0 Å². The molecule has 0 unspecified atom stereocenters. The first-order valence-corrected chi connectivity index (χ1v) is 7.31. The van der Waals surface area contributed by atoms with E-state index in [9.17, 15) is 4.79 Å². The number of thioether (sulfide) groups is 1. The summed E-state index contributed by atoms with van der Waals surface area (Å²) >= 11 is 1.84. The number of pyridine rings is 1. The summed E-state index contributed by atoms with van der Waals surface area (Å²) in [4.78, 5) is 12.4. The van der Waals surface area contributed by atoms with Crippen LogP contribution in [0.1, 0.15) is 12.8 Å². The molecule has 0 amide bonds. The van der Waals surface area contributed by atoms with Crippen LogP contribution < -0.4 is 11.3 Å². The van der Waals surface area contributed by atoms with Crippen LogP contribution in [-0.4, -0.2) is 15.6 Å². The number of nitrogens with two attached hydrogens (primary N) is 1. The fourth-order valence-electron chi connectivity index (χ4n) is 2.33. The predicted molar refractivity (Wildman–Crippen MR) is 78.1 cm³/mol. The summed E-state index contributed by atoms with van der Waals surface area (Å²) < 4.78 is 1.96. The highest BCUT2D eigenvalue weighted by Crippen LogP contribution is 2.48. The van der Waals surface area contributed by atoms with E-state index < -0.39 is 0 Å². The molecule has 3 rings (SSSR count). The zero-order valence-corrected chi connectivity index (χ0v) is 11.2. The fraction of sp³-hybridized carbons (Fsp3) is 0.357. The van der Waals surface area contributed by atoms with Gasteiger partial charge in [-0.05, 0) is 36.6 Å². The quantitative estimate of drug-likeness (QED) is 0.922. The van der Waals surface area contributed by atoms with Gasteiger partial charge in [-0.25, -0.2) is 0 Å². The molecule has 0 bridgehead atoms. The van der Waals surface area contributed by atoms with Crippen molar-refractivity contribution in [3.63, 3.8) is 0 Å². The molecular weight excluding hydrogens is 244 g/mol. The maximum absolute atomic E-state index is 12.4. The molecule has 1 aliphatic carbocycles. The van der Waals surface area contributed by atoms with Crippen molar-refractivity contribution < 1.29 is 0 Å². The maximum Gasteiger partial charge on any atom is 0.260 e. The van der Waals surface area contributed by atoms with E-state index in [2.05, 4.69) is 6.26 Å². The van der Waals surface area contributed by atoms with Gasteiger partial charge in [0.25, 0.3) is 5.56 Å². The lowest BCUT2D eigenvalue weighted by molar-refractivity contribution is 0.651. The molecule has 1 aromatic carbocycles. The number of fused-ring (bicyclic) bond motifs is 1. The van der Waals surface area contributed by atoms with Crippen LogP contribution in [-0.2, 0) is 6.54 Å². The summed E-state index contributed by atoms with van der Waals surface area (Å²) in [5.41, 5.74) is 6.06. The summed E-state index contributed by atoms with van der Waals surface area (Å²) in [6.07, 6.45) is 4.45. The second-order valence-electron chi connectivity index (χ2n) is 4.93. The van der Waals surface area contributed by atoms with E-state index in [1.165, 1.54) is 12.8 Å². The standard InChI is InChI=1S/C14H16N2OS/c1-18-14(6-7-14)9-16-12(15)8-10-4-2-3-5-11(10)13(16)17/h2-5,8H,6-7,9,15H2,1H3. The average Bonchev–Trinajstić information content (AvgIpc) is 3.15. The van der Waals surface area contributed by atoms with Gasteiger partial charge in [-0.15, -0.1) is 0 Å². The first-order valence-electron chi connectivity index (χ1n) is 6.08. The van der Waals surface area contributed by atoms with Crippen molar-refractivity contribution in [3.8, 4) is 0 Å². The summed E-state index contributed by atoms with van der Waals surface area (Å²) in [5.74, 6) is 0.569. The number of aromatic nitrogens is 1. The van der Waals surface area contributed by atoms with Crippen molar-refractivity contribution in [3.05, 3.63) is 40.7 Å². The average molecular weight is 260 g/mol. The van der Waals surface area contributed by atoms with E-state index in [4.69, 9.17) is 5.73 Å². The number of nitrogens with zero attached hydrogens (tertiary/aromatic N) is 1. The van der Waals surface area contributed by atoms with Crippen LogP contribution in [0, 0.1) is 0 Å². The molecule has 94 valence electrons. The van der Waals surface area contributed by atoms with Crippen LogP contribution in [0.5, 0.6) is 0 Å². The molecule has 18 heavy (non-hydrogen) atoms. The molecule has 1 fully saturated rings. The lowest BCUT2D eigenvalue weighted by atomic mass is 10.1. The van der Waals surface area contributed by atoms with Gasteiger partial charge in [-0.2, -0.15) is 11.8 Å². The Morgan fingerprint density at radius 3 is 2.78 bits per heavy atom. The number of anilines is 1. The first-order chi connectivity index (χ1) is 8.65. The molecule has 4 heteroatoms. The van der Waals surface area contributed by atoms with Crippen molar-refractivity contribution in [2.45, 2.75) is 24.1 Å². The van der Waals surface area contributed by atoms with E-state index in [0.29, 0.717) is 5.82 Å². The molecule has 3 nitrogen and oxygen atoms in total. The monoisotopic (exact) mass is 260 g/mol. The Labute approximate surface area is 110 Å². The van der Waals surface area contributed by atoms with Crippen LogP contribution in [0.3, 0.4) is 0 Å². The van der Waals surface area contributed by atoms with Crippen LogP contribution in [0.25, 0.3) is 10.8 Å². The number of hydrogen-bond acceptors (Lipinski definition) is 3. The van der Waals surface area contributed by atoms with Crippen LogP contribution in [0.2, 0.25) is 0 Å². The topological polar surface area (TPSA) is 48.0 Å². The molecule has 0 saturated heterocycles. The minimum atomic E-state index is 0.0333. The van der Waals surface area contributed by atoms with Crippen LogP contribution >= 0.6 is 11.8 Å². The van der Waals surface area contributed by atoms with Crippen molar-refractivity contribution >= 4 is 28.4 Å². The maximum atomic E-state index is 12.4. The third-order valence-corrected chi connectivity index (χ3v) is 5.14. The number of hydrogen-bond donors (Lipinski definition) is 1. The fourth-order valence-corrected chi connectivity index (χ4v) is 3.10. The zero-order chi connectivity index (χ0) is 12.8. The minimum Gasteiger partial charge on any atom is -0.385 e. The Kier molecular flexibility index (Phi) is 2.63. The normalized spacial score (nSPS) is 16.9. The molecule has 0 radical (unpaired) electrons. The predicted octanol–water partition coefficient (Wildman–Crippen LogP) is 2.48. The van der Waals surface area contributed by atoms with E-state index in [1.54, 1.807) is 4.57 Å². The van der Waals surface area contributed by atoms with Gasteiger partial charge >= 0.3 is 0 Å². The molecule has 1 saturated carbocycles. The smallest absolute Gasteiger partial charge is 0.260 e. The van der Waals surface area contributed by atoms with Gasteiger partial charge in [-0.1, -0.05) is 18.2 Å². The molecule has 1 heterocycles. The second-order valence-corrected chi connectivity index (χ2v) is 6.21. The number of rotatable bonds is 3. The van der Waals surface area contributed by atoms with E-state index >= 15 is 0 Å². The zero-order valence-electron chi connectivity index (χ0n) is 10.3. The van der Waals surface area contributed by atoms with Gasteiger partial charge in [-0.3, -0.25) is 9.36 Å². The largest absolute Gasteiger partial charge is 0.385 e. The minimum absolute atomic E-state index is 0.0333. The van der Waals surface area contributed by atoms with Gasteiger partial charge in [0.1, 0.15) is 5.82 Å². The summed E-state index contributed by atoms with van der Waals surface area (Å²) in [6, 6.07) is 9.51. The molecule has 2 aromatic rings. The Morgan fingerprint density at radius 2 is 2.11 bits per heavy atom. The van der Waals surface area contributed by atoms with Gasteiger partial charge < -0.3 is 5.73 Å². The Balaban J connectivity index is 2.14. The second kappa shape index (κ2) is 4.05. The third kappa shape index (κ3) is 1.81. The van der Waals surface area contributed by atoms with Gasteiger partial charge in [0.15, 0.2) is 0 Å². The lowest BCUT2D eigenvalue weighted by Crippen LogP contribution is -2.28.